The third-order valence-electron chi connectivity index (χ3n) is 5.01. The summed E-state index contributed by atoms with van der Waals surface area (Å²) in [7, 11) is 4.73. The van der Waals surface area contributed by atoms with Crippen molar-refractivity contribution >= 4 is 23.4 Å². The predicted octanol–water partition coefficient (Wildman–Crippen LogP) is 3.84. The van der Waals surface area contributed by atoms with Gasteiger partial charge in [0.2, 0.25) is 11.8 Å². The molecule has 0 fully saturated rings. The Bertz CT molecular complexity index is 872. The van der Waals surface area contributed by atoms with Crippen molar-refractivity contribution in [3.8, 4) is 11.5 Å². The first-order valence-electron chi connectivity index (χ1n) is 9.90. The first-order valence-corrected chi connectivity index (χ1v) is 10.3. The van der Waals surface area contributed by atoms with Crippen LogP contribution < -0.4 is 14.8 Å². The fourth-order valence-electron chi connectivity index (χ4n) is 3.33. The van der Waals surface area contributed by atoms with Crippen LogP contribution in [-0.4, -0.2) is 44.0 Å². The maximum absolute atomic E-state index is 13.2. The molecule has 7 heteroatoms. The zero-order valence-corrected chi connectivity index (χ0v) is 18.7. The summed E-state index contributed by atoms with van der Waals surface area (Å²) in [4.78, 5) is 27.2. The van der Waals surface area contributed by atoms with Crippen molar-refractivity contribution in [3.05, 3.63) is 58.6 Å². The summed E-state index contributed by atoms with van der Waals surface area (Å²) in [5.41, 5.74) is 1.76. The second kappa shape index (κ2) is 11.5. The summed E-state index contributed by atoms with van der Waals surface area (Å²) in [6.45, 7) is 2.16. The van der Waals surface area contributed by atoms with Crippen molar-refractivity contribution in [2.75, 3.05) is 21.3 Å². The van der Waals surface area contributed by atoms with Crippen LogP contribution in [0.25, 0.3) is 0 Å². The van der Waals surface area contributed by atoms with Crippen molar-refractivity contribution < 1.29 is 19.1 Å². The van der Waals surface area contributed by atoms with Crippen LogP contribution in [0.2, 0.25) is 5.02 Å². The van der Waals surface area contributed by atoms with Gasteiger partial charge in [-0.05, 0) is 42.2 Å². The van der Waals surface area contributed by atoms with Crippen LogP contribution >= 0.6 is 11.6 Å². The van der Waals surface area contributed by atoms with E-state index in [1.165, 1.54) is 0 Å². The molecular weight excluding hydrogens is 404 g/mol. The molecule has 0 radical (unpaired) electrons. The number of nitrogens with zero attached hydrogens (tertiary/aromatic N) is 1. The monoisotopic (exact) mass is 432 g/mol. The first kappa shape index (κ1) is 23.5. The van der Waals surface area contributed by atoms with Gasteiger partial charge in [0, 0.05) is 25.0 Å². The number of methoxy groups -OCH3 is 2. The van der Waals surface area contributed by atoms with Crippen molar-refractivity contribution in [2.45, 2.75) is 38.8 Å². The minimum atomic E-state index is -0.566. The van der Waals surface area contributed by atoms with E-state index in [0.29, 0.717) is 29.4 Å². The zero-order valence-electron chi connectivity index (χ0n) is 17.9. The van der Waals surface area contributed by atoms with Gasteiger partial charge in [-0.1, -0.05) is 42.8 Å². The normalized spacial score (nSPS) is 11.5. The van der Waals surface area contributed by atoms with Gasteiger partial charge in [-0.3, -0.25) is 9.59 Å². The van der Waals surface area contributed by atoms with E-state index < -0.39 is 6.04 Å². The van der Waals surface area contributed by atoms with E-state index in [2.05, 4.69) is 5.32 Å². The summed E-state index contributed by atoms with van der Waals surface area (Å²) in [6.07, 6.45) is 1.28. The molecule has 1 N–H and O–H groups in total. The quantitative estimate of drug-likeness (QED) is 0.619. The molecule has 30 heavy (non-hydrogen) atoms. The van der Waals surface area contributed by atoms with Crippen molar-refractivity contribution in [3.63, 3.8) is 0 Å². The Morgan fingerprint density at radius 2 is 1.80 bits per heavy atom. The number of hydrogen-bond donors (Lipinski definition) is 1. The lowest BCUT2D eigenvalue weighted by molar-refractivity contribution is -0.141. The van der Waals surface area contributed by atoms with E-state index in [-0.39, 0.29) is 24.8 Å². The molecule has 0 aliphatic carbocycles. The number of amides is 2. The van der Waals surface area contributed by atoms with Gasteiger partial charge in [0.15, 0.2) is 11.5 Å². The van der Waals surface area contributed by atoms with E-state index in [0.717, 1.165) is 11.1 Å². The molecule has 0 aliphatic rings. The zero-order chi connectivity index (χ0) is 22.1. The highest BCUT2D eigenvalue weighted by Gasteiger charge is 2.28. The second-order valence-electron chi connectivity index (χ2n) is 6.84. The average Bonchev–Trinajstić information content (AvgIpc) is 2.77. The SMILES string of the molecule is CCC(C(=O)NC)N(Cc1ccccc1Cl)C(=O)CCc1ccc(OC)c(OC)c1. The van der Waals surface area contributed by atoms with Crippen LogP contribution in [0.3, 0.4) is 0 Å². The lowest BCUT2D eigenvalue weighted by Crippen LogP contribution is -2.48. The Morgan fingerprint density at radius 3 is 2.40 bits per heavy atom. The maximum atomic E-state index is 13.2. The Hall–Kier alpha value is -2.73. The number of ether oxygens (including phenoxy) is 2. The summed E-state index contributed by atoms with van der Waals surface area (Å²) < 4.78 is 10.6. The molecule has 0 saturated heterocycles. The highest BCUT2D eigenvalue weighted by Crippen LogP contribution is 2.28. The lowest BCUT2D eigenvalue weighted by Gasteiger charge is -2.30. The topological polar surface area (TPSA) is 67.9 Å². The number of hydrogen-bond acceptors (Lipinski definition) is 4. The van der Waals surface area contributed by atoms with E-state index in [4.69, 9.17) is 21.1 Å². The number of rotatable bonds is 10. The van der Waals surface area contributed by atoms with Gasteiger partial charge in [0.1, 0.15) is 6.04 Å². The Balaban J connectivity index is 2.21. The van der Waals surface area contributed by atoms with E-state index >= 15 is 0 Å². The molecule has 2 rings (SSSR count). The fraction of sp³-hybridized carbons (Fsp3) is 0.391. The third-order valence-corrected chi connectivity index (χ3v) is 5.38. The number of likely N-dealkylation sites (N-methyl/N-ethyl adjacent to an activating group) is 1. The van der Waals surface area contributed by atoms with E-state index in [1.807, 2.05) is 43.3 Å². The molecular formula is C23H29ClN2O4. The van der Waals surface area contributed by atoms with Crippen LogP contribution in [0.1, 0.15) is 30.9 Å². The average molecular weight is 433 g/mol. The first-order chi connectivity index (χ1) is 14.4. The summed E-state index contributed by atoms with van der Waals surface area (Å²) in [5.74, 6) is 0.954. The van der Waals surface area contributed by atoms with E-state index in [1.54, 1.807) is 32.2 Å². The number of benzene rings is 2. The molecule has 0 saturated carbocycles. The molecule has 1 atom stereocenters. The highest BCUT2D eigenvalue weighted by atomic mass is 35.5. The molecule has 0 spiro atoms. The van der Waals surface area contributed by atoms with Crippen molar-refractivity contribution in [1.82, 2.24) is 10.2 Å². The molecule has 2 amide bonds. The minimum absolute atomic E-state index is 0.111. The maximum Gasteiger partial charge on any atom is 0.242 e. The number of nitrogens with one attached hydrogen (secondary N) is 1. The van der Waals surface area contributed by atoms with Gasteiger partial charge < -0.3 is 19.7 Å². The van der Waals surface area contributed by atoms with Gasteiger partial charge >= 0.3 is 0 Å². The summed E-state index contributed by atoms with van der Waals surface area (Å²) >= 11 is 6.30. The molecule has 0 aliphatic heterocycles. The molecule has 0 bridgehead atoms. The highest BCUT2D eigenvalue weighted by molar-refractivity contribution is 6.31. The van der Waals surface area contributed by atoms with Gasteiger partial charge in [-0.25, -0.2) is 0 Å². The molecule has 6 nitrogen and oxygen atoms in total. The molecule has 162 valence electrons. The number of carbonyl (C=O) groups is 2. The fourth-order valence-corrected chi connectivity index (χ4v) is 3.52. The van der Waals surface area contributed by atoms with Crippen LogP contribution in [0.4, 0.5) is 0 Å². The van der Waals surface area contributed by atoms with Crippen LogP contribution in [0, 0.1) is 0 Å². The standard InChI is InChI=1S/C23H29ClN2O4/c1-5-19(23(28)25-2)26(15-17-8-6-7-9-18(17)24)22(27)13-11-16-10-12-20(29-3)21(14-16)30-4/h6-10,12,14,19H,5,11,13,15H2,1-4H3,(H,25,28). The Morgan fingerprint density at radius 1 is 1.10 bits per heavy atom. The number of halogens is 1. The number of aryl methyl sites for hydroxylation is 1. The molecule has 2 aromatic rings. The van der Waals surface area contributed by atoms with Gasteiger partial charge in [-0.2, -0.15) is 0 Å². The molecule has 0 heterocycles. The molecule has 2 aromatic carbocycles. The largest absolute Gasteiger partial charge is 0.493 e. The minimum Gasteiger partial charge on any atom is -0.493 e. The van der Waals surface area contributed by atoms with Crippen LogP contribution in [0.5, 0.6) is 11.5 Å². The third kappa shape index (κ3) is 5.89. The van der Waals surface area contributed by atoms with Gasteiger partial charge in [-0.15, -0.1) is 0 Å². The molecule has 1 unspecified atom stereocenters. The van der Waals surface area contributed by atoms with Gasteiger partial charge in [0.05, 0.1) is 14.2 Å². The lowest BCUT2D eigenvalue weighted by atomic mass is 10.1. The summed E-state index contributed by atoms with van der Waals surface area (Å²) in [6, 6.07) is 12.4. The molecule has 0 aromatic heterocycles. The number of carbonyl (C=O) groups excluding carboxylic acids is 2. The van der Waals surface area contributed by atoms with Gasteiger partial charge in [0.25, 0.3) is 0 Å². The summed E-state index contributed by atoms with van der Waals surface area (Å²) in [5, 5.41) is 3.23. The van der Waals surface area contributed by atoms with Crippen molar-refractivity contribution in [1.29, 1.82) is 0 Å². The van der Waals surface area contributed by atoms with Crippen LogP contribution in [0.15, 0.2) is 42.5 Å². The van der Waals surface area contributed by atoms with Crippen LogP contribution in [-0.2, 0) is 22.6 Å². The van der Waals surface area contributed by atoms with Crippen molar-refractivity contribution in [2.24, 2.45) is 0 Å². The predicted molar refractivity (Wildman–Crippen MR) is 118 cm³/mol. The Labute approximate surface area is 183 Å². The Kier molecular flexibility index (Phi) is 8.99. The van der Waals surface area contributed by atoms with E-state index in [9.17, 15) is 9.59 Å². The second-order valence-corrected chi connectivity index (χ2v) is 7.25. The smallest absolute Gasteiger partial charge is 0.242 e.